The van der Waals surface area contributed by atoms with Crippen LogP contribution in [0.1, 0.15) is 18.1 Å². The van der Waals surface area contributed by atoms with Gasteiger partial charge in [0, 0.05) is 12.5 Å². The highest BCUT2D eigenvalue weighted by Gasteiger charge is 2.11. The van der Waals surface area contributed by atoms with Crippen LogP contribution in [0.25, 0.3) is 22.6 Å². The fraction of sp³-hybridized carbons (Fsp3) is 0.0909. The third kappa shape index (κ3) is 4.71. The minimum absolute atomic E-state index is 0.0958. The van der Waals surface area contributed by atoms with Gasteiger partial charge in [0.2, 0.25) is 5.95 Å². The van der Waals surface area contributed by atoms with Crippen molar-refractivity contribution in [2.24, 2.45) is 0 Å². The molecule has 0 aliphatic carbocycles. The molecule has 0 bridgehead atoms. The van der Waals surface area contributed by atoms with Crippen LogP contribution in [-0.2, 0) is 11.3 Å². The van der Waals surface area contributed by atoms with Crippen LogP contribution >= 0.6 is 0 Å². The Kier molecular flexibility index (Phi) is 5.36. The van der Waals surface area contributed by atoms with Crippen LogP contribution in [0.4, 0.5) is 5.95 Å². The molecule has 31 heavy (non-hydrogen) atoms. The molecule has 9 nitrogen and oxygen atoms in total. The number of esters is 1. The van der Waals surface area contributed by atoms with Crippen LogP contribution in [0.5, 0.6) is 5.75 Å². The van der Waals surface area contributed by atoms with Crippen molar-refractivity contribution in [2.75, 3.05) is 5.73 Å². The average Bonchev–Trinajstić information content (AvgIpc) is 3.21. The summed E-state index contributed by atoms with van der Waals surface area (Å²) in [4.78, 5) is 19.7. The Bertz CT molecular complexity index is 1310. The lowest BCUT2D eigenvalue weighted by Gasteiger charge is -2.05. The second-order valence-electron chi connectivity index (χ2n) is 6.73. The van der Waals surface area contributed by atoms with Crippen LogP contribution in [0, 0.1) is 11.3 Å². The molecule has 0 fully saturated rings. The molecule has 2 heterocycles. The molecule has 0 amide bonds. The normalized spacial score (nSPS) is 10.5. The van der Waals surface area contributed by atoms with E-state index in [0.717, 1.165) is 11.1 Å². The summed E-state index contributed by atoms with van der Waals surface area (Å²) < 4.78 is 6.77. The molecule has 2 aromatic carbocycles. The van der Waals surface area contributed by atoms with Gasteiger partial charge in [0.1, 0.15) is 11.4 Å². The van der Waals surface area contributed by atoms with Gasteiger partial charge in [0.25, 0.3) is 0 Å². The molecule has 0 saturated carbocycles. The molecule has 0 saturated heterocycles. The number of hydrogen-bond donors (Lipinski definition) is 1. The van der Waals surface area contributed by atoms with E-state index in [-0.39, 0.29) is 11.9 Å². The minimum atomic E-state index is -0.377. The number of hydrogen-bond acceptors (Lipinski definition) is 8. The number of anilines is 1. The van der Waals surface area contributed by atoms with E-state index in [2.05, 4.69) is 26.3 Å². The molecule has 0 unspecified atom stereocenters. The van der Waals surface area contributed by atoms with E-state index in [9.17, 15) is 4.79 Å². The van der Waals surface area contributed by atoms with Crippen molar-refractivity contribution in [1.82, 2.24) is 25.0 Å². The zero-order chi connectivity index (χ0) is 21.8. The van der Waals surface area contributed by atoms with Gasteiger partial charge in [-0.3, -0.25) is 4.79 Å². The maximum atomic E-state index is 11.1. The summed E-state index contributed by atoms with van der Waals surface area (Å²) in [6.45, 7) is 1.79. The van der Waals surface area contributed by atoms with Crippen LogP contribution in [0.3, 0.4) is 0 Å². The molecule has 0 atom stereocenters. The zero-order valence-electron chi connectivity index (χ0n) is 16.6. The zero-order valence-corrected chi connectivity index (χ0v) is 16.6. The maximum Gasteiger partial charge on any atom is 0.308 e. The average molecular weight is 411 g/mol. The molecule has 4 rings (SSSR count). The van der Waals surface area contributed by atoms with E-state index in [4.69, 9.17) is 15.7 Å². The van der Waals surface area contributed by atoms with E-state index < -0.39 is 0 Å². The molecule has 2 N–H and O–H groups in total. The number of aromatic nitrogens is 5. The highest BCUT2D eigenvalue weighted by molar-refractivity contribution is 5.69. The Balaban J connectivity index is 1.60. The number of nitriles is 1. The molecule has 4 aromatic rings. The Labute approximate surface area is 177 Å². The van der Waals surface area contributed by atoms with Crippen molar-refractivity contribution < 1.29 is 9.53 Å². The number of benzene rings is 2. The number of rotatable bonds is 5. The lowest BCUT2D eigenvalue weighted by atomic mass is 10.1. The van der Waals surface area contributed by atoms with Crippen molar-refractivity contribution in [3.05, 3.63) is 71.9 Å². The van der Waals surface area contributed by atoms with Gasteiger partial charge in [0.05, 0.1) is 35.8 Å². The highest BCUT2D eigenvalue weighted by atomic mass is 16.5. The summed E-state index contributed by atoms with van der Waals surface area (Å²) >= 11 is 0. The van der Waals surface area contributed by atoms with E-state index in [1.165, 1.54) is 6.92 Å². The lowest BCUT2D eigenvalue weighted by molar-refractivity contribution is -0.131. The van der Waals surface area contributed by atoms with E-state index in [0.29, 0.717) is 34.9 Å². The smallest absolute Gasteiger partial charge is 0.308 e. The Morgan fingerprint density at radius 1 is 1.10 bits per heavy atom. The molecule has 0 aliphatic rings. The third-order valence-electron chi connectivity index (χ3n) is 4.34. The molecular formula is C22H17N7O2. The quantitative estimate of drug-likeness (QED) is 0.391. The van der Waals surface area contributed by atoms with Crippen LogP contribution < -0.4 is 10.5 Å². The van der Waals surface area contributed by atoms with Gasteiger partial charge in [-0.25, -0.2) is 14.6 Å². The second kappa shape index (κ2) is 8.42. The van der Waals surface area contributed by atoms with Gasteiger partial charge in [0.15, 0.2) is 0 Å². The number of nitrogens with two attached hydrogens (primary N) is 1. The molecule has 0 radical (unpaired) electrons. The van der Waals surface area contributed by atoms with Crippen LogP contribution in [0.2, 0.25) is 0 Å². The standard InChI is InChI=1S/C22H17N7O2/c1-14(30)31-18-7-3-5-16(9-18)12-29-13-21(27-28-29)20-10-19(25-22(24)26-20)17-6-2-4-15(8-17)11-23/h2-10,13H,12H2,1H3,(H2,24,25,26). The first-order valence-corrected chi connectivity index (χ1v) is 9.33. The first kappa shape index (κ1) is 19.7. The van der Waals surface area contributed by atoms with Crippen LogP contribution in [-0.4, -0.2) is 30.9 Å². The fourth-order valence-electron chi connectivity index (χ4n) is 3.05. The van der Waals surface area contributed by atoms with Gasteiger partial charge in [-0.15, -0.1) is 5.10 Å². The molecule has 0 aliphatic heterocycles. The minimum Gasteiger partial charge on any atom is -0.427 e. The monoisotopic (exact) mass is 411 g/mol. The van der Waals surface area contributed by atoms with Crippen molar-refractivity contribution in [3.8, 4) is 34.5 Å². The molecular weight excluding hydrogens is 394 g/mol. The van der Waals surface area contributed by atoms with Gasteiger partial charge < -0.3 is 10.5 Å². The first-order chi connectivity index (χ1) is 15.0. The summed E-state index contributed by atoms with van der Waals surface area (Å²) in [5.74, 6) is 0.189. The summed E-state index contributed by atoms with van der Waals surface area (Å²) in [5, 5.41) is 17.5. The summed E-state index contributed by atoms with van der Waals surface area (Å²) in [5.41, 5.74) is 9.72. The first-order valence-electron chi connectivity index (χ1n) is 9.33. The van der Waals surface area contributed by atoms with Crippen molar-refractivity contribution in [1.29, 1.82) is 5.26 Å². The molecule has 152 valence electrons. The van der Waals surface area contributed by atoms with Crippen molar-refractivity contribution in [2.45, 2.75) is 13.5 Å². The molecule has 9 heteroatoms. The lowest BCUT2D eigenvalue weighted by Crippen LogP contribution is -2.03. The number of carbonyl (C=O) groups excluding carboxylic acids is 1. The van der Waals surface area contributed by atoms with Crippen molar-refractivity contribution in [3.63, 3.8) is 0 Å². The number of nitrogen functional groups attached to an aromatic ring is 1. The number of nitrogens with zero attached hydrogens (tertiary/aromatic N) is 6. The topological polar surface area (TPSA) is 133 Å². The molecule has 2 aromatic heterocycles. The SMILES string of the molecule is CC(=O)Oc1cccc(Cn2cc(-c3cc(-c4cccc(C#N)c4)nc(N)n3)nn2)c1. The Morgan fingerprint density at radius 3 is 2.71 bits per heavy atom. The van der Waals surface area contributed by atoms with E-state index in [1.54, 1.807) is 53.3 Å². The molecule has 0 spiro atoms. The van der Waals surface area contributed by atoms with E-state index in [1.807, 2.05) is 12.1 Å². The largest absolute Gasteiger partial charge is 0.427 e. The predicted molar refractivity (Wildman–Crippen MR) is 112 cm³/mol. The summed E-state index contributed by atoms with van der Waals surface area (Å²) in [6.07, 6.45) is 1.75. The van der Waals surface area contributed by atoms with Crippen molar-refractivity contribution >= 4 is 11.9 Å². The Morgan fingerprint density at radius 2 is 1.90 bits per heavy atom. The second-order valence-corrected chi connectivity index (χ2v) is 6.73. The summed E-state index contributed by atoms with van der Waals surface area (Å²) in [6, 6.07) is 18.1. The predicted octanol–water partition coefficient (Wildman–Crippen LogP) is 2.83. The highest BCUT2D eigenvalue weighted by Crippen LogP contribution is 2.24. The van der Waals surface area contributed by atoms with E-state index >= 15 is 0 Å². The number of ether oxygens (including phenoxy) is 1. The third-order valence-corrected chi connectivity index (χ3v) is 4.34. The number of carbonyl (C=O) groups is 1. The van der Waals surface area contributed by atoms with Crippen LogP contribution in [0.15, 0.2) is 60.8 Å². The van der Waals surface area contributed by atoms with Gasteiger partial charge >= 0.3 is 5.97 Å². The summed E-state index contributed by atoms with van der Waals surface area (Å²) in [7, 11) is 0. The van der Waals surface area contributed by atoms with Gasteiger partial charge in [-0.05, 0) is 35.9 Å². The van der Waals surface area contributed by atoms with Gasteiger partial charge in [-0.1, -0.05) is 29.5 Å². The maximum absolute atomic E-state index is 11.1. The Hall–Kier alpha value is -4.58. The fourth-order valence-corrected chi connectivity index (χ4v) is 3.05. The van der Waals surface area contributed by atoms with Gasteiger partial charge in [-0.2, -0.15) is 5.26 Å².